The molecule has 0 heterocycles. The van der Waals surface area contributed by atoms with E-state index in [0.29, 0.717) is 12.8 Å². The number of unbranched alkanes of at least 4 members (excludes halogenated alkanes) is 4. The Kier molecular flexibility index (Phi) is 20.1. The van der Waals surface area contributed by atoms with E-state index in [1.807, 2.05) is 0 Å². The van der Waals surface area contributed by atoms with Gasteiger partial charge in [-0.05, 0) is 37.2 Å². The summed E-state index contributed by atoms with van der Waals surface area (Å²) in [6.07, 6.45) is 6.27. The summed E-state index contributed by atoms with van der Waals surface area (Å²) in [5, 5.41) is 0. The van der Waals surface area contributed by atoms with Crippen molar-refractivity contribution in [3.05, 3.63) is 13.8 Å². The number of carbonyl (C=O) groups excluding carboxylic acids is 2. The van der Waals surface area contributed by atoms with Crippen molar-refractivity contribution in [3.63, 3.8) is 0 Å². The van der Waals surface area contributed by atoms with Crippen LogP contribution in [0.4, 0.5) is 0 Å². The van der Waals surface area contributed by atoms with Gasteiger partial charge in [0.05, 0.1) is 0 Å². The summed E-state index contributed by atoms with van der Waals surface area (Å²) < 4.78 is 0. The average molecular weight is 550 g/mol. The van der Waals surface area contributed by atoms with Crippen molar-refractivity contribution in [1.29, 1.82) is 0 Å². The van der Waals surface area contributed by atoms with Crippen molar-refractivity contribution in [2.75, 3.05) is 0 Å². The Morgan fingerprint density at radius 2 is 0.933 bits per heavy atom. The molecular weight excluding hydrogens is 532 g/mol. The van der Waals surface area contributed by atoms with Gasteiger partial charge in [-0.1, -0.05) is 19.3 Å². The zero-order valence-electron chi connectivity index (χ0n) is 9.00. The Balaban J connectivity index is -0.000000720. The van der Waals surface area contributed by atoms with E-state index in [2.05, 4.69) is 13.8 Å². The number of carbonyl (C=O) groups is 2. The van der Waals surface area contributed by atoms with E-state index < -0.39 is 0 Å². The molecule has 0 saturated heterocycles. The first kappa shape index (κ1) is 20.8. The second-order valence-corrected chi connectivity index (χ2v) is 3.35. The Labute approximate surface area is 121 Å². The molecular formula is C11H18O2W2-2. The summed E-state index contributed by atoms with van der Waals surface area (Å²) in [4.78, 5) is 20.9. The maximum absolute atomic E-state index is 10.5. The maximum Gasteiger partial charge on any atom is 0 e. The predicted molar refractivity (Wildman–Crippen MR) is 53.0 cm³/mol. The molecule has 0 aromatic heterocycles. The molecule has 88 valence electrons. The first-order chi connectivity index (χ1) is 6.13. The Bertz CT molecular complexity index is 152. The Morgan fingerprint density at radius 3 is 1.20 bits per heavy atom. The SMILES string of the molecule is [CH2-]C(=O)CCCCCCCC([CH2-])=O.[W].[W]. The summed E-state index contributed by atoms with van der Waals surface area (Å²) in [5.41, 5.74) is 0. The summed E-state index contributed by atoms with van der Waals surface area (Å²) in [6.45, 7) is 6.61. The van der Waals surface area contributed by atoms with Crippen LogP contribution in [0.5, 0.6) is 0 Å². The molecule has 0 fully saturated rings. The van der Waals surface area contributed by atoms with Gasteiger partial charge < -0.3 is 23.4 Å². The topological polar surface area (TPSA) is 34.1 Å². The second kappa shape index (κ2) is 14.5. The van der Waals surface area contributed by atoms with Crippen LogP contribution < -0.4 is 0 Å². The molecule has 0 amide bonds. The van der Waals surface area contributed by atoms with Crippen LogP contribution in [0, 0.1) is 13.8 Å². The van der Waals surface area contributed by atoms with E-state index >= 15 is 0 Å². The normalized spacial score (nSPS) is 8.53. The fraction of sp³-hybridized carbons (Fsp3) is 0.636. The van der Waals surface area contributed by atoms with Gasteiger partial charge in [-0.2, -0.15) is 0 Å². The first-order valence-electron chi connectivity index (χ1n) is 4.82. The van der Waals surface area contributed by atoms with E-state index in [-0.39, 0.29) is 53.7 Å². The van der Waals surface area contributed by atoms with Gasteiger partial charge in [0.2, 0.25) is 0 Å². The molecule has 0 saturated carbocycles. The van der Waals surface area contributed by atoms with Crippen LogP contribution in [0.15, 0.2) is 0 Å². The van der Waals surface area contributed by atoms with Gasteiger partial charge >= 0.3 is 0 Å². The van der Waals surface area contributed by atoms with Crippen LogP contribution in [0.25, 0.3) is 0 Å². The van der Waals surface area contributed by atoms with Crippen LogP contribution in [0.3, 0.4) is 0 Å². The standard InChI is InChI=1S/C11H18O2.2W/c1-10(12)8-6-4-3-5-7-9-11(2)13;;/h1-9H2;;/q-2;;. The minimum atomic E-state index is 0. The fourth-order valence-electron chi connectivity index (χ4n) is 1.17. The van der Waals surface area contributed by atoms with Gasteiger partial charge in [-0.3, -0.25) is 0 Å². The van der Waals surface area contributed by atoms with E-state index in [1.54, 1.807) is 0 Å². The number of rotatable bonds is 8. The smallest absolute Gasteiger partial charge is 0 e. The van der Waals surface area contributed by atoms with Gasteiger partial charge in [0, 0.05) is 42.1 Å². The largest absolute Gasteiger partial charge is 0.339 e. The van der Waals surface area contributed by atoms with Crippen LogP contribution in [0.1, 0.15) is 44.9 Å². The minimum Gasteiger partial charge on any atom is -0.339 e. The zero-order chi connectivity index (χ0) is 10.1. The quantitative estimate of drug-likeness (QED) is 0.345. The number of hydrogen-bond acceptors (Lipinski definition) is 2. The van der Waals surface area contributed by atoms with Gasteiger partial charge in [0.15, 0.2) is 0 Å². The molecule has 0 radical (unpaired) electrons. The predicted octanol–water partition coefficient (Wildman–Crippen LogP) is 2.52. The molecule has 0 aromatic carbocycles. The molecule has 0 atom stereocenters. The molecule has 4 heteroatoms. The molecule has 0 aliphatic rings. The summed E-state index contributed by atoms with van der Waals surface area (Å²) in [5.74, 6) is 0.0425. The number of hydrogen-bond donors (Lipinski definition) is 0. The second-order valence-electron chi connectivity index (χ2n) is 3.35. The Morgan fingerprint density at radius 1 is 0.667 bits per heavy atom. The Hall–Kier alpha value is 0.457. The van der Waals surface area contributed by atoms with Crippen molar-refractivity contribution in [1.82, 2.24) is 0 Å². The summed E-state index contributed by atoms with van der Waals surface area (Å²) >= 11 is 0. The van der Waals surface area contributed by atoms with Gasteiger partial charge in [0.25, 0.3) is 0 Å². The van der Waals surface area contributed by atoms with Gasteiger partial charge in [0.1, 0.15) is 0 Å². The van der Waals surface area contributed by atoms with Crippen molar-refractivity contribution < 1.29 is 51.7 Å². The zero-order valence-corrected chi connectivity index (χ0v) is 14.9. The van der Waals surface area contributed by atoms with Gasteiger partial charge in [-0.15, -0.1) is 0 Å². The third-order valence-electron chi connectivity index (χ3n) is 1.91. The molecule has 15 heavy (non-hydrogen) atoms. The van der Waals surface area contributed by atoms with E-state index in [0.717, 1.165) is 32.1 Å². The number of Topliss-reactive ketones (excluding diaryl/α,β-unsaturated/α-hetero) is 2. The van der Waals surface area contributed by atoms with Crippen molar-refractivity contribution in [2.24, 2.45) is 0 Å². The third kappa shape index (κ3) is 20.5. The van der Waals surface area contributed by atoms with Gasteiger partial charge in [-0.25, -0.2) is 0 Å². The van der Waals surface area contributed by atoms with E-state index in [1.165, 1.54) is 0 Å². The average Bonchev–Trinajstić information content (AvgIpc) is 2.01. The van der Waals surface area contributed by atoms with Crippen molar-refractivity contribution in [3.8, 4) is 0 Å². The van der Waals surface area contributed by atoms with E-state index in [9.17, 15) is 9.59 Å². The minimum absolute atomic E-state index is 0. The van der Waals surface area contributed by atoms with Crippen molar-refractivity contribution in [2.45, 2.75) is 44.9 Å². The van der Waals surface area contributed by atoms with E-state index in [4.69, 9.17) is 0 Å². The molecule has 0 aliphatic carbocycles. The molecule has 0 rings (SSSR count). The fourth-order valence-corrected chi connectivity index (χ4v) is 1.17. The molecule has 0 aliphatic heterocycles. The third-order valence-corrected chi connectivity index (χ3v) is 1.91. The summed E-state index contributed by atoms with van der Waals surface area (Å²) in [7, 11) is 0. The molecule has 0 aromatic rings. The first-order valence-corrected chi connectivity index (χ1v) is 4.82. The van der Waals surface area contributed by atoms with Crippen LogP contribution >= 0.6 is 0 Å². The molecule has 0 N–H and O–H groups in total. The molecule has 0 bridgehead atoms. The molecule has 2 nitrogen and oxygen atoms in total. The van der Waals surface area contributed by atoms with Crippen LogP contribution in [-0.2, 0) is 51.7 Å². The van der Waals surface area contributed by atoms with Crippen molar-refractivity contribution >= 4 is 11.6 Å². The maximum atomic E-state index is 10.5. The molecule has 0 unspecified atom stereocenters. The van der Waals surface area contributed by atoms with Crippen LogP contribution in [-0.4, -0.2) is 11.6 Å². The number of ketones is 2. The van der Waals surface area contributed by atoms with Crippen LogP contribution in [0.2, 0.25) is 0 Å². The monoisotopic (exact) mass is 550 g/mol. The molecule has 0 spiro atoms. The summed E-state index contributed by atoms with van der Waals surface area (Å²) in [6, 6.07) is 0.